The number of halogens is 3. The van der Waals surface area contributed by atoms with E-state index in [1.165, 1.54) is 31.5 Å². The zero-order valence-corrected chi connectivity index (χ0v) is 13.4. The van der Waals surface area contributed by atoms with Crippen molar-refractivity contribution in [2.75, 3.05) is 6.26 Å². The zero-order valence-electron chi connectivity index (χ0n) is 12.6. The lowest BCUT2D eigenvalue weighted by atomic mass is 9.97. The highest BCUT2D eigenvalue weighted by Crippen LogP contribution is 2.51. The Bertz CT molecular complexity index is 852. The molecule has 1 aliphatic carbocycles. The zero-order chi connectivity index (χ0) is 17.0. The van der Waals surface area contributed by atoms with Gasteiger partial charge in [0.2, 0.25) is 0 Å². The second kappa shape index (κ2) is 5.09. The maximum absolute atomic E-state index is 13.8. The number of nitrogens with zero attached hydrogens (tertiary/aromatic N) is 2. The quantitative estimate of drug-likeness (QED) is 0.857. The fourth-order valence-corrected chi connectivity index (χ4v) is 4.26. The number of benzene rings is 1. The highest BCUT2D eigenvalue weighted by Gasteiger charge is 2.44. The second-order valence-electron chi connectivity index (χ2n) is 5.83. The van der Waals surface area contributed by atoms with E-state index in [0.717, 1.165) is 10.9 Å². The molecule has 1 saturated carbocycles. The molecule has 1 aliphatic rings. The normalized spacial score (nSPS) is 15.9. The minimum atomic E-state index is -4.66. The monoisotopic (exact) mass is 344 g/mol. The van der Waals surface area contributed by atoms with Crippen LogP contribution in [0, 0.1) is 6.92 Å². The predicted octanol–water partition coefficient (Wildman–Crippen LogP) is 3.48. The summed E-state index contributed by atoms with van der Waals surface area (Å²) in [5.74, 6) is -0.370. The molecule has 1 aromatic carbocycles. The highest BCUT2D eigenvalue weighted by atomic mass is 32.2. The minimum Gasteiger partial charge on any atom is -0.240 e. The Morgan fingerprint density at radius 1 is 1.30 bits per heavy atom. The van der Waals surface area contributed by atoms with Gasteiger partial charge in [0.05, 0.1) is 16.1 Å². The predicted molar refractivity (Wildman–Crippen MR) is 78.4 cm³/mol. The standard InChI is InChI=1S/C15H15F3N2O2S/c1-9-8-11(20-7-3-6-19-20)13(15(16,17)18)12(10-4-5-10)14(9)23(2,21)22/h3,6-8,10H,4-5H2,1-2H3. The molecule has 0 unspecified atom stereocenters. The molecule has 23 heavy (non-hydrogen) atoms. The van der Waals surface area contributed by atoms with Crippen LogP contribution in [-0.2, 0) is 16.0 Å². The van der Waals surface area contributed by atoms with Crippen molar-refractivity contribution in [1.82, 2.24) is 9.78 Å². The Hall–Kier alpha value is -1.83. The topological polar surface area (TPSA) is 52.0 Å². The van der Waals surface area contributed by atoms with Gasteiger partial charge in [-0.15, -0.1) is 0 Å². The van der Waals surface area contributed by atoms with Crippen LogP contribution >= 0.6 is 0 Å². The summed E-state index contributed by atoms with van der Waals surface area (Å²) in [7, 11) is -3.77. The molecule has 0 bridgehead atoms. The Kier molecular flexibility index (Phi) is 3.55. The second-order valence-corrected chi connectivity index (χ2v) is 7.78. The van der Waals surface area contributed by atoms with E-state index in [1.54, 1.807) is 0 Å². The summed E-state index contributed by atoms with van der Waals surface area (Å²) >= 11 is 0. The maximum atomic E-state index is 13.8. The van der Waals surface area contributed by atoms with Gasteiger partial charge in [0, 0.05) is 18.6 Å². The van der Waals surface area contributed by atoms with Gasteiger partial charge in [-0.1, -0.05) is 0 Å². The third kappa shape index (κ3) is 2.87. The average Bonchev–Trinajstić information content (AvgIpc) is 3.09. The van der Waals surface area contributed by atoms with Crippen LogP contribution in [0.25, 0.3) is 5.69 Å². The van der Waals surface area contributed by atoms with Gasteiger partial charge in [0.25, 0.3) is 0 Å². The summed E-state index contributed by atoms with van der Waals surface area (Å²) in [6, 6.07) is 2.77. The van der Waals surface area contributed by atoms with E-state index < -0.39 is 21.6 Å². The van der Waals surface area contributed by atoms with Crippen LogP contribution < -0.4 is 0 Å². The van der Waals surface area contributed by atoms with Crippen LogP contribution in [0.4, 0.5) is 13.2 Å². The molecule has 8 heteroatoms. The Balaban J connectivity index is 2.45. The third-order valence-electron chi connectivity index (χ3n) is 3.87. The highest BCUT2D eigenvalue weighted by molar-refractivity contribution is 7.90. The summed E-state index contributed by atoms with van der Waals surface area (Å²) in [6.07, 6.45) is 0.222. The third-order valence-corrected chi connectivity index (χ3v) is 5.16. The van der Waals surface area contributed by atoms with Gasteiger partial charge < -0.3 is 0 Å². The van der Waals surface area contributed by atoms with Crippen LogP contribution in [0.5, 0.6) is 0 Å². The molecule has 0 N–H and O–H groups in total. The van der Waals surface area contributed by atoms with Crippen LogP contribution in [0.3, 0.4) is 0 Å². The summed E-state index contributed by atoms with van der Waals surface area (Å²) < 4.78 is 66.6. The average molecular weight is 344 g/mol. The Labute approximate surface area is 131 Å². The van der Waals surface area contributed by atoms with Crippen LogP contribution in [0.1, 0.15) is 35.4 Å². The van der Waals surface area contributed by atoms with Crippen LogP contribution in [-0.4, -0.2) is 24.5 Å². The van der Waals surface area contributed by atoms with Crippen molar-refractivity contribution in [3.05, 3.63) is 41.2 Å². The fourth-order valence-electron chi connectivity index (χ4n) is 2.95. The summed E-state index contributed by atoms with van der Waals surface area (Å²) in [4.78, 5) is -0.191. The summed E-state index contributed by atoms with van der Waals surface area (Å²) in [5, 5.41) is 3.88. The van der Waals surface area contributed by atoms with Gasteiger partial charge in [-0.2, -0.15) is 18.3 Å². The van der Waals surface area contributed by atoms with Crippen molar-refractivity contribution >= 4 is 9.84 Å². The van der Waals surface area contributed by atoms with Crippen molar-refractivity contribution in [1.29, 1.82) is 0 Å². The number of sulfone groups is 1. The molecule has 4 nitrogen and oxygen atoms in total. The summed E-state index contributed by atoms with van der Waals surface area (Å²) in [5.41, 5.74) is -0.817. The molecule has 0 amide bonds. The Morgan fingerprint density at radius 3 is 2.39 bits per heavy atom. The van der Waals surface area contributed by atoms with Crippen molar-refractivity contribution in [3.8, 4) is 5.69 Å². The molecule has 0 atom stereocenters. The lowest BCUT2D eigenvalue weighted by Crippen LogP contribution is -2.18. The van der Waals surface area contributed by atoms with E-state index in [0.29, 0.717) is 18.4 Å². The number of rotatable bonds is 3. The van der Waals surface area contributed by atoms with Gasteiger partial charge in [0.1, 0.15) is 0 Å². The van der Waals surface area contributed by atoms with Crippen molar-refractivity contribution < 1.29 is 21.6 Å². The molecular weight excluding hydrogens is 329 g/mol. The number of aromatic nitrogens is 2. The van der Waals surface area contributed by atoms with E-state index >= 15 is 0 Å². The van der Waals surface area contributed by atoms with Crippen molar-refractivity contribution in [2.24, 2.45) is 0 Å². The number of alkyl halides is 3. The van der Waals surface area contributed by atoms with Crippen molar-refractivity contribution in [2.45, 2.75) is 36.8 Å². The fraction of sp³-hybridized carbons (Fsp3) is 0.400. The van der Waals surface area contributed by atoms with Crippen LogP contribution in [0.15, 0.2) is 29.4 Å². The molecule has 2 aromatic rings. The number of hydrogen-bond acceptors (Lipinski definition) is 3. The largest absolute Gasteiger partial charge is 0.418 e. The van der Waals surface area contributed by atoms with E-state index in [1.807, 2.05) is 0 Å². The first kappa shape index (κ1) is 16.0. The smallest absolute Gasteiger partial charge is 0.240 e. The van der Waals surface area contributed by atoms with Crippen molar-refractivity contribution in [3.63, 3.8) is 0 Å². The molecular formula is C15H15F3N2O2S. The van der Waals surface area contributed by atoms with Gasteiger partial charge in [0.15, 0.2) is 9.84 Å². The molecule has 1 heterocycles. The van der Waals surface area contributed by atoms with Gasteiger partial charge in [-0.25, -0.2) is 13.1 Å². The maximum Gasteiger partial charge on any atom is 0.418 e. The lowest BCUT2D eigenvalue weighted by Gasteiger charge is -2.22. The molecule has 1 aromatic heterocycles. The van der Waals surface area contributed by atoms with Gasteiger partial charge in [-0.3, -0.25) is 0 Å². The molecule has 124 valence electrons. The van der Waals surface area contributed by atoms with E-state index in [9.17, 15) is 21.6 Å². The first-order chi connectivity index (χ1) is 10.6. The molecule has 3 rings (SSSR count). The number of hydrogen-bond donors (Lipinski definition) is 0. The van der Waals surface area contributed by atoms with E-state index in [-0.39, 0.29) is 22.1 Å². The first-order valence-electron chi connectivity index (χ1n) is 7.05. The molecule has 0 spiro atoms. The molecule has 1 fully saturated rings. The lowest BCUT2D eigenvalue weighted by molar-refractivity contribution is -0.138. The number of aryl methyl sites for hydroxylation is 1. The summed E-state index contributed by atoms with van der Waals surface area (Å²) in [6.45, 7) is 1.52. The molecule has 0 radical (unpaired) electrons. The molecule has 0 aliphatic heterocycles. The first-order valence-corrected chi connectivity index (χ1v) is 8.94. The van der Waals surface area contributed by atoms with Gasteiger partial charge >= 0.3 is 6.18 Å². The minimum absolute atomic E-state index is 0.106. The SMILES string of the molecule is Cc1cc(-n2cccn2)c(C(F)(F)F)c(C2CC2)c1S(C)(=O)=O. The Morgan fingerprint density at radius 2 is 1.96 bits per heavy atom. The molecule has 0 saturated heterocycles. The van der Waals surface area contributed by atoms with Crippen LogP contribution in [0.2, 0.25) is 0 Å². The van der Waals surface area contributed by atoms with Gasteiger partial charge in [-0.05, 0) is 48.9 Å². The van der Waals surface area contributed by atoms with E-state index in [4.69, 9.17) is 0 Å². The van der Waals surface area contributed by atoms with E-state index in [2.05, 4.69) is 5.10 Å².